The second-order valence-corrected chi connectivity index (χ2v) is 8.06. The highest BCUT2D eigenvalue weighted by Gasteiger charge is 2.15. The Morgan fingerprint density at radius 3 is 2.52 bits per heavy atom. The smallest absolute Gasteiger partial charge is 0.240 e. The van der Waals surface area contributed by atoms with Gasteiger partial charge in [-0.05, 0) is 49.2 Å². The van der Waals surface area contributed by atoms with Gasteiger partial charge in [0.1, 0.15) is 0 Å². The van der Waals surface area contributed by atoms with E-state index in [9.17, 15) is 17.6 Å². The maximum absolute atomic E-state index is 13.7. The number of amides is 1. The quantitative estimate of drug-likeness (QED) is 0.720. The molecule has 0 saturated carbocycles. The molecule has 0 fully saturated rings. The van der Waals surface area contributed by atoms with E-state index in [0.717, 1.165) is 0 Å². The lowest BCUT2D eigenvalue weighted by Gasteiger charge is -2.11. The highest BCUT2D eigenvalue weighted by atomic mass is 32.2. The number of hydrogen-bond acceptors (Lipinski definition) is 4. The molecule has 2 N–H and O–H groups in total. The lowest BCUT2D eigenvalue weighted by molar-refractivity contribution is -0.120. The minimum atomic E-state index is -3.60. The van der Waals surface area contributed by atoms with Crippen LogP contribution in [0.4, 0.5) is 4.39 Å². The average molecular weight is 394 g/mol. The summed E-state index contributed by atoms with van der Waals surface area (Å²) < 4.78 is 45.5. The molecular formula is C19H23FN2O4S. The molecule has 27 heavy (non-hydrogen) atoms. The Morgan fingerprint density at radius 1 is 1.15 bits per heavy atom. The van der Waals surface area contributed by atoms with Crippen LogP contribution in [-0.4, -0.2) is 27.5 Å². The first-order valence-corrected chi connectivity index (χ1v) is 9.90. The van der Waals surface area contributed by atoms with Gasteiger partial charge in [-0.25, -0.2) is 17.5 Å². The van der Waals surface area contributed by atoms with Gasteiger partial charge in [0, 0.05) is 12.6 Å². The number of benzene rings is 2. The van der Waals surface area contributed by atoms with Crippen molar-refractivity contribution >= 4 is 15.9 Å². The molecule has 0 atom stereocenters. The maximum Gasteiger partial charge on any atom is 0.240 e. The lowest BCUT2D eigenvalue weighted by atomic mass is 10.1. The normalized spacial score (nSPS) is 11.4. The summed E-state index contributed by atoms with van der Waals surface area (Å²) >= 11 is 0. The second kappa shape index (κ2) is 8.96. The minimum absolute atomic E-state index is 0.00775. The van der Waals surface area contributed by atoms with Crippen LogP contribution in [0.1, 0.15) is 25.0 Å². The summed E-state index contributed by atoms with van der Waals surface area (Å²) in [5.41, 5.74) is 1.17. The van der Waals surface area contributed by atoms with E-state index < -0.39 is 15.8 Å². The first-order valence-electron chi connectivity index (χ1n) is 8.41. The van der Waals surface area contributed by atoms with Crippen molar-refractivity contribution in [1.82, 2.24) is 10.0 Å². The van der Waals surface area contributed by atoms with Gasteiger partial charge in [-0.15, -0.1) is 0 Å². The molecule has 0 aliphatic heterocycles. The molecule has 0 spiro atoms. The molecule has 146 valence electrons. The van der Waals surface area contributed by atoms with Crippen molar-refractivity contribution in [1.29, 1.82) is 0 Å². The van der Waals surface area contributed by atoms with E-state index >= 15 is 0 Å². The summed E-state index contributed by atoms with van der Waals surface area (Å²) in [7, 11) is -2.23. The topological polar surface area (TPSA) is 84.5 Å². The molecule has 0 radical (unpaired) electrons. The molecule has 1 amide bonds. The summed E-state index contributed by atoms with van der Waals surface area (Å²) in [5.74, 6) is -0.710. The van der Waals surface area contributed by atoms with E-state index in [1.165, 1.54) is 31.4 Å². The Bertz CT molecular complexity index is 914. The number of nitrogens with one attached hydrogen (secondary N) is 2. The van der Waals surface area contributed by atoms with Crippen LogP contribution in [0.25, 0.3) is 0 Å². The van der Waals surface area contributed by atoms with Crippen molar-refractivity contribution in [3.05, 3.63) is 59.4 Å². The molecule has 0 bridgehead atoms. The highest BCUT2D eigenvalue weighted by molar-refractivity contribution is 7.89. The van der Waals surface area contributed by atoms with Gasteiger partial charge in [0.05, 0.1) is 18.4 Å². The van der Waals surface area contributed by atoms with Crippen LogP contribution in [0, 0.1) is 5.82 Å². The van der Waals surface area contributed by atoms with E-state index in [-0.39, 0.29) is 35.6 Å². The van der Waals surface area contributed by atoms with Gasteiger partial charge in [-0.2, -0.15) is 0 Å². The number of carbonyl (C=O) groups excluding carboxylic acids is 1. The summed E-state index contributed by atoms with van der Waals surface area (Å²) in [6.45, 7) is 3.65. The Hall–Kier alpha value is -2.45. The van der Waals surface area contributed by atoms with Crippen LogP contribution in [0.2, 0.25) is 0 Å². The zero-order valence-electron chi connectivity index (χ0n) is 15.5. The minimum Gasteiger partial charge on any atom is -0.494 e. The molecule has 2 aromatic carbocycles. The van der Waals surface area contributed by atoms with Gasteiger partial charge in [0.15, 0.2) is 11.6 Å². The SMILES string of the molecule is COc1ccc(CC(=O)NCc2cccc(S(=O)(=O)NC(C)C)c2)cc1F. The average Bonchev–Trinajstić information content (AvgIpc) is 2.59. The Labute approximate surface area is 158 Å². The third-order valence-electron chi connectivity index (χ3n) is 3.67. The fourth-order valence-corrected chi connectivity index (χ4v) is 3.79. The number of sulfonamides is 1. The van der Waals surface area contributed by atoms with Crippen molar-refractivity contribution in [2.45, 2.75) is 37.8 Å². The molecule has 2 rings (SSSR count). The van der Waals surface area contributed by atoms with Crippen LogP contribution < -0.4 is 14.8 Å². The molecule has 6 nitrogen and oxygen atoms in total. The maximum atomic E-state index is 13.7. The summed E-state index contributed by atoms with van der Waals surface area (Å²) in [6.07, 6.45) is 0.00775. The van der Waals surface area contributed by atoms with Gasteiger partial charge in [0.25, 0.3) is 0 Å². The van der Waals surface area contributed by atoms with E-state index in [1.54, 1.807) is 32.0 Å². The molecule has 0 aliphatic carbocycles. The first kappa shape index (κ1) is 20.9. The molecular weight excluding hydrogens is 371 g/mol. The predicted molar refractivity (Wildman–Crippen MR) is 100 cm³/mol. The van der Waals surface area contributed by atoms with Gasteiger partial charge < -0.3 is 10.1 Å². The number of rotatable bonds is 8. The van der Waals surface area contributed by atoms with Gasteiger partial charge in [-0.3, -0.25) is 4.79 Å². The number of hydrogen-bond donors (Lipinski definition) is 2. The van der Waals surface area contributed by atoms with E-state index in [4.69, 9.17) is 4.74 Å². The monoisotopic (exact) mass is 394 g/mol. The second-order valence-electron chi connectivity index (χ2n) is 6.35. The van der Waals surface area contributed by atoms with Gasteiger partial charge >= 0.3 is 0 Å². The van der Waals surface area contributed by atoms with Crippen LogP contribution in [-0.2, 0) is 27.8 Å². The number of halogens is 1. The van der Waals surface area contributed by atoms with E-state index in [2.05, 4.69) is 10.0 Å². The van der Waals surface area contributed by atoms with Crippen LogP contribution in [0.5, 0.6) is 5.75 Å². The lowest BCUT2D eigenvalue weighted by Crippen LogP contribution is -2.30. The zero-order valence-corrected chi connectivity index (χ0v) is 16.3. The molecule has 0 aliphatic rings. The summed E-state index contributed by atoms with van der Waals surface area (Å²) in [4.78, 5) is 12.2. The number of carbonyl (C=O) groups is 1. The fourth-order valence-electron chi connectivity index (χ4n) is 2.47. The van der Waals surface area contributed by atoms with E-state index in [0.29, 0.717) is 11.1 Å². The summed E-state index contributed by atoms with van der Waals surface area (Å²) in [6, 6.07) is 10.5. The van der Waals surface area contributed by atoms with Crippen molar-refractivity contribution in [2.24, 2.45) is 0 Å². The first-order chi connectivity index (χ1) is 12.7. The molecule has 0 saturated heterocycles. The number of ether oxygens (including phenoxy) is 1. The molecule has 0 aromatic heterocycles. The third-order valence-corrected chi connectivity index (χ3v) is 5.33. The van der Waals surface area contributed by atoms with Crippen molar-refractivity contribution in [3.63, 3.8) is 0 Å². The van der Waals surface area contributed by atoms with Crippen LogP contribution in [0.15, 0.2) is 47.4 Å². The third kappa shape index (κ3) is 6.04. The Morgan fingerprint density at radius 2 is 1.89 bits per heavy atom. The predicted octanol–water partition coefficient (Wildman–Crippen LogP) is 2.38. The van der Waals surface area contributed by atoms with Crippen molar-refractivity contribution in [2.75, 3.05) is 7.11 Å². The van der Waals surface area contributed by atoms with Gasteiger partial charge in [-0.1, -0.05) is 18.2 Å². The summed E-state index contributed by atoms with van der Waals surface area (Å²) in [5, 5.41) is 2.71. The largest absolute Gasteiger partial charge is 0.494 e. The van der Waals surface area contributed by atoms with Crippen LogP contribution >= 0.6 is 0 Å². The molecule has 8 heteroatoms. The number of methoxy groups -OCH3 is 1. The highest BCUT2D eigenvalue weighted by Crippen LogP contribution is 2.18. The van der Waals surface area contributed by atoms with Crippen molar-refractivity contribution < 1.29 is 22.3 Å². The van der Waals surface area contributed by atoms with E-state index in [1.807, 2.05) is 0 Å². The molecule has 0 heterocycles. The Kier molecular flexibility index (Phi) is 6.92. The zero-order chi connectivity index (χ0) is 20.0. The van der Waals surface area contributed by atoms with Crippen LogP contribution in [0.3, 0.4) is 0 Å². The fraction of sp³-hybridized carbons (Fsp3) is 0.316. The Balaban J connectivity index is 1.99. The van der Waals surface area contributed by atoms with Gasteiger partial charge in [0.2, 0.25) is 15.9 Å². The molecule has 2 aromatic rings. The molecule has 0 unspecified atom stereocenters. The van der Waals surface area contributed by atoms with Crippen molar-refractivity contribution in [3.8, 4) is 5.75 Å². The standard InChI is InChI=1S/C19H23FN2O4S/c1-13(2)22-27(24,25)16-6-4-5-15(9-16)12-21-19(23)11-14-7-8-18(26-3)17(20)10-14/h4-10,13,22H,11-12H2,1-3H3,(H,21,23).